The molecule has 1 N–H and O–H groups in total. The molecule has 0 bridgehead atoms. The fourth-order valence-corrected chi connectivity index (χ4v) is 2.30. The van der Waals surface area contributed by atoms with Gasteiger partial charge in [0, 0.05) is 6.54 Å². The van der Waals surface area contributed by atoms with Crippen LogP contribution in [-0.2, 0) is 16.1 Å². The minimum Gasteiger partial charge on any atom is -0.468 e. The zero-order valence-corrected chi connectivity index (χ0v) is 12.7. The van der Waals surface area contributed by atoms with Crippen molar-refractivity contribution in [2.45, 2.75) is 26.4 Å². The maximum atomic E-state index is 12.0. The smallest absolute Gasteiger partial charge is 0.327 e. The third kappa shape index (κ3) is 3.92. The van der Waals surface area contributed by atoms with E-state index in [9.17, 15) is 4.79 Å². The molecule has 0 spiro atoms. The molecular formula is C18H21NO2. The molecule has 0 fully saturated rings. The molecular weight excluding hydrogens is 262 g/mol. The Labute approximate surface area is 126 Å². The molecule has 110 valence electrons. The van der Waals surface area contributed by atoms with Gasteiger partial charge in [0.25, 0.3) is 0 Å². The lowest BCUT2D eigenvalue weighted by Crippen LogP contribution is -2.29. The molecule has 0 amide bonds. The van der Waals surface area contributed by atoms with Gasteiger partial charge in [-0.3, -0.25) is 5.32 Å². The van der Waals surface area contributed by atoms with Gasteiger partial charge in [-0.05, 0) is 30.5 Å². The number of rotatable bonds is 5. The van der Waals surface area contributed by atoms with Gasteiger partial charge < -0.3 is 4.74 Å². The first-order valence-corrected chi connectivity index (χ1v) is 7.04. The van der Waals surface area contributed by atoms with E-state index in [0.717, 1.165) is 5.56 Å². The fraction of sp³-hybridized carbons (Fsp3) is 0.278. The third-order valence-electron chi connectivity index (χ3n) is 3.57. The van der Waals surface area contributed by atoms with Crippen molar-refractivity contribution in [2.24, 2.45) is 0 Å². The van der Waals surface area contributed by atoms with Crippen molar-refractivity contribution < 1.29 is 9.53 Å². The van der Waals surface area contributed by atoms with Crippen molar-refractivity contribution in [3.8, 4) is 0 Å². The second kappa shape index (κ2) is 7.04. The molecule has 0 radical (unpaired) electrons. The molecule has 1 atom stereocenters. The first-order valence-electron chi connectivity index (χ1n) is 7.04. The molecule has 2 aromatic carbocycles. The van der Waals surface area contributed by atoms with Crippen LogP contribution in [0.15, 0.2) is 48.5 Å². The van der Waals surface area contributed by atoms with E-state index in [1.165, 1.54) is 23.8 Å². The van der Waals surface area contributed by atoms with Gasteiger partial charge >= 0.3 is 5.97 Å². The Morgan fingerprint density at radius 3 is 2.52 bits per heavy atom. The van der Waals surface area contributed by atoms with Crippen molar-refractivity contribution in [3.63, 3.8) is 0 Å². The van der Waals surface area contributed by atoms with Gasteiger partial charge in [-0.1, -0.05) is 54.1 Å². The maximum Gasteiger partial charge on any atom is 0.327 e. The van der Waals surface area contributed by atoms with Gasteiger partial charge in [0.1, 0.15) is 6.04 Å². The summed E-state index contributed by atoms with van der Waals surface area (Å²) in [5, 5.41) is 3.30. The first-order chi connectivity index (χ1) is 10.1. The number of esters is 1. The van der Waals surface area contributed by atoms with Crippen LogP contribution in [0.4, 0.5) is 0 Å². The number of ether oxygens (including phenoxy) is 1. The standard InChI is InChI=1S/C18H21NO2/c1-13-9-10-14(2)16(11-13)12-19-17(18(20)21-3)15-7-5-4-6-8-15/h4-11,17,19H,12H2,1-3H3. The van der Waals surface area contributed by atoms with Gasteiger partial charge in [0.2, 0.25) is 0 Å². The quantitative estimate of drug-likeness (QED) is 0.856. The normalized spacial score (nSPS) is 12.0. The van der Waals surface area contributed by atoms with Gasteiger partial charge in [-0.2, -0.15) is 0 Å². The van der Waals surface area contributed by atoms with Crippen LogP contribution in [-0.4, -0.2) is 13.1 Å². The highest BCUT2D eigenvalue weighted by Crippen LogP contribution is 2.17. The van der Waals surface area contributed by atoms with Crippen LogP contribution in [0, 0.1) is 13.8 Å². The van der Waals surface area contributed by atoms with E-state index < -0.39 is 6.04 Å². The summed E-state index contributed by atoms with van der Waals surface area (Å²) >= 11 is 0. The van der Waals surface area contributed by atoms with Gasteiger partial charge in [0.05, 0.1) is 7.11 Å². The molecule has 1 unspecified atom stereocenters. The van der Waals surface area contributed by atoms with Crippen LogP contribution in [0.1, 0.15) is 28.3 Å². The second-order valence-electron chi connectivity index (χ2n) is 5.18. The molecule has 21 heavy (non-hydrogen) atoms. The van der Waals surface area contributed by atoms with Gasteiger partial charge in [0.15, 0.2) is 0 Å². The van der Waals surface area contributed by atoms with Gasteiger partial charge in [-0.15, -0.1) is 0 Å². The number of hydrogen-bond donors (Lipinski definition) is 1. The summed E-state index contributed by atoms with van der Waals surface area (Å²) in [5.41, 5.74) is 4.53. The minimum atomic E-state index is -0.448. The number of carbonyl (C=O) groups excluding carboxylic acids is 1. The summed E-state index contributed by atoms with van der Waals surface area (Å²) in [6.07, 6.45) is 0. The molecule has 2 aromatic rings. The largest absolute Gasteiger partial charge is 0.468 e. The number of nitrogens with one attached hydrogen (secondary N) is 1. The van der Waals surface area contributed by atoms with Crippen molar-refractivity contribution in [1.29, 1.82) is 0 Å². The number of carbonyl (C=O) groups is 1. The molecule has 2 rings (SSSR count). The molecule has 0 aliphatic carbocycles. The van der Waals surface area contributed by atoms with E-state index in [0.29, 0.717) is 6.54 Å². The minimum absolute atomic E-state index is 0.272. The van der Waals surface area contributed by atoms with Crippen molar-refractivity contribution >= 4 is 5.97 Å². The topological polar surface area (TPSA) is 38.3 Å². The average molecular weight is 283 g/mol. The van der Waals surface area contributed by atoms with Crippen LogP contribution in [0.25, 0.3) is 0 Å². The highest BCUT2D eigenvalue weighted by molar-refractivity contribution is 5.77. The fourth-order valence-electron chi connectivity index (χ4n) is 2.30. The SMILES string of the molecule is COC(=O)C(NCc1cc(C)ccc1C)c1ccccc1. The number of benzene rings is 2. The van der Waals surface area contributed by atoms with E-state index in [1.807, 2.05) is 30.3 Å². The Morgan fingerprint density at radius 2 is 1.86 bits per heavy atom. The molecule has 0 saturated heterocycles. The predicted octanol–water partition coefficient (Wildman–Crippen LogP) is 3.31. The monoisotopic (exact) mass is 283 g/mol. The zero-order chi connectivity index (χ0) is 15.2. The lowest BCUT2D eigenvalue weighted by molar-refractivity contribution is -0.143. The first kappa shape index (κ1) is 15.3. The maximum absolute atomic E-state index is 12.0. The van der Waals surface area contributed by atoms with E-state index in [4.69, 9.17) is 4.74 Å². The van der Waals surface area contributed by atoms with Crippen LogP contribution in [0.2, 0.25) is 0 Å². The number of hydrogen-bond acceptors (Lipinski definition) is 3. The van der Waals surface area contributed by atoms with Crippen LogP contribution >= 0.6 is 0 Å². The van der Waals surface area contributed by atoms with Crippen molar-refractivity contribution in [2.75, 3.05) is 7.11 Å². The lowest BCUT2D eigenvalue weighted by atomic mass is 10.0. The van der Waals surface area contributed by atoms with E-state index in [-0.39, 0.29) is 5.97 Å². The lowest BCUT2D eigenvalue weighted by Gasteiger charge is -2.18. The summed E-state index contributed by atoms with van der Waals surface area (Å²) in [7, 11) is 1.41. The van der Waals surface area contributed by atoms with Crippen molar-refractivity contribution in [1.82, 2.24) is 5.32 Å². The summed E-state index contributed by atoms with van der Waals surface area (Å²) in [5.74, 6) is -0.272. The third-order valence-corrected chi connectivity index (χ3v) is 3.57. The molecule has 0 heterocycles. The predicted molar refractivity (Wildman–Crippen MR) is 84.0 cm³/mol. The molecule has 0 aromatic heterocycles. The Bertz CT molecular complexity index is 608. The van der Waals surface area contributed by atoms with Crippen LogP contribution < -0.4 is 5.32 Å². The summed E-state index contributed by atoms with van der Waals surface area (Å²) < 4.78 is 4.91. The highest BCUT2D eigenvalue weighted by atomic mass is 16.5. The molecule has 0 aliphatic rings. The highest BCUT2D eigenvalue weighted by Gasteiger charge is 2.20. The number of methoxy groups -OCH3 is 1. The second-order valence-corrected chi connectivity index (χ2v) is 5.18. The zero-order valence-electron chi connectivity index (χ0n) is 12.7. The van der Waals surface area contributed by atoms with Crippen LogP contribution in [0.5, 0.6) is 0 Å². The van der Waals surface area contributed by atoms with E-state index in [1.54, 1.807) is 0 Å². The summed E-state index contributed by atoms with van der Waals surface area (Å²) in [6.45, 7) is 4.77. The molecule has 3 heteroatoms. The Balaban J connectivity index is 2.16. The molecule has 3 nitrogen and oxygen atoms in total. The van der Waals surface area contributed by atoms with Crippen molar-refractivity contribution in [3.05, 3.63) is 70.8 Å². The van der Waals surface area contributed by atoms with Gasteiger partial charge in [-0.25, -0.2) is 4.79 Å². The Hall–Kier alpha value is -2.13. The summed E-state index contributed by atoms with van der Waals surface area (Å²) in [6, 6.07) is 15.5. The Kier molecular flexibility index (Phi) is 5.12. The molecule has 0 saturated carbocycles. The molecule has 0 aliphatic heterocycles. The Morgan fingerprint density at radius 1 is 1.14 bits per heavy atom. The average Bonchev–Trinajstić information content (AvgIpc) is 2.51. The van der Waals surface area contributed by atoms with Crippen LogP contribution in [0.3, 0.4) is 0 Å². The number of aryl methyl sites for hydroxylation is 2. The van der Waals surface area contributed by atoms with E-state index in [2.05, 4.69) is 37.4 Å². The summed E-state index contributed by atoms with van der Waals surface area (Å²) in [4.78, 5) is 12.0. The van der Waals surface area contributed by atoms with E-state index >= 15 is 0 Å².